The van der Waals surface area contributed by atoms with Crippen LogP contribution < -0.4 is 10.1 Å². The molecule has 0 spiro atoms. The van der Waals surface area contributed by atoms with Gasteiger partial charge in [0.2, 0.25) is 0 Å². The monoisotopic (exact) mass is 294 g/mol. The molecule has 1 aromatic carbocycles. The Morgan fingerprint density at radius 1 is 1.43 bits per heavy atom. The van der Waals surface area contributed by atoms with Crippen molar-refractivity contribution >= 4 is 5.97 Å². The first-order valence-corrected chi connectivity index (χ1v) is 7.26. The molecule has 1 heterocycles. The number of rotatable bonds is 5. The average Bonchev–Trinajstić information content (AvgIpc) is 2.71. The number of carboxylic acid groups (broad SMARTS) is 1. The van der Waals surface area contributed by atoms with Gasteiger partial charge in [0, 0.05) is 19.6 Å². The van der Waals surface area contributed by atoms with Crippen molar-refractivity contribution in [3.8, 4) is 11.5 Å². The minimum atomic E-state index is -0.884. The summed E-state index contributed by atoms with van der Waals surface area (Å²) in [6.07, 6.45) is 0.917. The molecule has 0 radical (unpaired) electrons. The standard InChI is InChI=1S/C15H22N2O4/c1-2-21-13-10-11(4-5-12(13)18)14(15(19)20)17-8-3-6-16-7-9-17/h4-5,10,14,16,18H,2-3,6-9H2,1H3,(H,19,20). The molecule has 1 aromatic rings. The Labute approximate surface area is 124 Å². The fourth-order valence-electron chi connectivity index (χ4n) is 2.61. The second-order valence-corrected chi connectivity index (χ2v) is 5.04. The zero-order valence-corrected chi connectivity index (χ0v) is 12.2. The van der Waals surface area contributed by atoms with E-state index < -0.39 is 12.0 Å². The Kier molecular flexibility index (Phi) is 5.41. The Morgan fingerprint density at radius 3 is 2.95 bits per heavy atom. The van der Waals surface area contributed by atoms with Crippen LogP contribution in [0, 0.1) is 0 Å². The molecule has 3 N–H and O–H groups in total. The van der Waals surface area contributed by atoms with E-state index in [0.29, 0.717) is 24.5 Å². The van der Waals surface area contributed by atoms with Gasteiger partial charge in [-0.15, -0.1) is 0 Å². The third-order valence-electron chi connectivity index (χ3n) is 3.57. The Hall–Kier alpha value is -1.79. The molecule has 1 aliphatic rings. The zero-order chi connectivity index (χ0) is 15.2. The number of aromatic hydroxyl groups is 1. The molecule has 1 unspecified atom stereocenters. The molecule has 0 amide bonds. The minimum Gasteiger partial charge on any atom is -0.504 e. The van der Waals surface area contributed by atoms with Crippen LogP contribution in [0.3, 0.4) is 0 Å². The number of benzene rings is 1. The van der Waals surface area contributed by atoms with Crippen molar-refractivity contribution in [1.82, 2.24) is 10.2 Å². The molecule has 1 atom stereocenters. The highest BCUT2D eigenvalue weighted by molar-refractivity contribution is 5.76. The summed E-state index contributed by atoms with van der Waals surface area (Å²) in [5.74, 6) is -0.526. The second-order valence-electron chi connectivity index (χ2n) is 5.04. The maximum Gasteiger partial charge on any atom is 0.325 e. The van der Waals surface area contributed by atoms with Crippen molar-refractivity contribution in [3.05, 3.63) is 23.8 Å². The number of nitrogens with zero attached hydrogens (tertiary/aromatic N) is 1. The van der Waals surface area contributed by atoms with Crippen LogP contribution in [0.2, 0.25) is 0 Å². The number of aliphatic carboxylic acids is 1. The Morgan fingerprint density at radius 2 is 2.24 bits per heavy atom. The highest BCUT2D eigenvalue weighted by atomic mass is 16.5. The minimum absolute atomic E-state index is 0.0299. The number of phenols is 1. The molecule has 1 saturated heterocycles. The molecule has 0 saturated carbocycles. The lowest BCUT2D eigenvalue weighted by Crippen LogP contribution is -2.36. The average molecular weight is 294 g/mol. The van der Waals surface area contributed by atoms with E-state index in [4.69, 9.17) is 4.74 Å². The van der Waals surface area contributed by atoms with Crippen molar-refractivity contribution in [2.45, 2.75) is 19.4 Å². The largest absolute Gasteiger partial charge is 0.504 e. The van der Waals surface area contributed by atoms with Crippen LogP contribution >= 0.6 is 0 Å². The van der Waals surface area contributed by atoms with Crippen molar-refractivity contribution in [2.24, 2.45) is 0 Å². The Balaban J connectivity index is 2.28. The maximum atomic E-state index is 11.7. The third kappa shape index (κ3) is 3.86. The smallest absolute Gasteiger partial charge is 0.325 e. The number of hydrogen-bond donors (Lipinski definition) is 3. The van der Waals surface area contributed by atoms with Gasteiger partial charge in [0.15, 0.2) is 11.5 Å². The molecule has 2 rings (SSSR count). The van der Waals surface area contributed by atoms with E-state index >= 15 is 0 Å². The number of hydrogen-bond acceptors (Lipinski definition) is 5. The van der Waals surface area contributed by atoms with Gasteiger partial charge in [0.05, 0.1) is 6.61 Å². The van der Waals surface area contributed by atoms with Gasteiger partial charge < -0.3 is 20.3 Å². The number of carbonyl (C=O) groups is 1. The molecule has 1 aliphatic heterocycles. The van der Waals surface area contributed by atoms with E-state index in [1.807, 2.05) is 11.8 Å². The molecule has 0 aromatic heterocycles. The molecule has 21 heavy (non-hydrogen) atoms. The first-order chi connectivity index (χ1) is 10.1. The molecule has 0 aliphatic carbocycles. The van der Waals surface area contributed by atoms with E-state index in [1.54, 1.807) is 12.1 Å². The van der Waals surface area contributed by atoms with Gasteiger partial charge in [-0.2, -0.15) is 0 Å². The summed E-state index contributed by atoms with van der Waals surface area (Å²) >= 11 is 0. The first kappa shape index (κ1) is 15.6. The summed E-state index contributed by atoms with van der Waals surface area (Å²) < 4.78 is 5.35. The van der Waals surface area contributed by atoms with Crippen molar-refractivity contribution in [2.75, 3.05) is 32.8 Å². The topological polar surface area (TPSA) is 82.0 Å². The second kappa shape index (κ2) is 7.28. The van der Waals surface area contributed by atoms with E-state index in [1.165, 1.54) is 6.07 Å². The molecule has 0 bridgehead atoms. The van der Waals surface area contributed by atoms with Crippen molar-refractivity contribution in [1.29, 1.82) is 0 Å². The van der Waals surface area contributed by atoms with Gasteiger partial charge in [-0.1, -0.05) is 6.07 Å². The Bertz CT molecular complexity index is 485. The highest BCUT2D eigenvalue weighted by Crippen LogP contribution is 2.31. The highest BCUT2D eigenvalue weighted by Gasteiger charge is 2.28. The van der Waals surface area contributed by atoms with Crippen LogP contribution in [0.5, 0.6) is 11.5 Å². The van der Waals surface area contributed by atoms with Gasteiger partial charge in [-0.05, 0) is 37.6 Å². The van der Waals surface area contributed by atoms with E-state index in [0.717, 1.165) is 26.1 Å². The summed E-state index contributed by atoms with van der Waals surface area (Å²) in [5.41, 5.74) is 0.630. The van der Waals surface area contributed by atoms with Crippen LogP contribution in [-0.2, 0) is 4.79 Å². The maximum absolute atomic E-state index is 11.7. The first-order valence-electron chi connectivity index (χ1n) is 7.26. The fourth-order valence-corrected chi connectivity index (χ4v) is 2.61. The molecular weight excluding hydrogens is 272 g/mol. The summed E-state index contributed by atoms with van der Waals surface area (Å²) in [6.45, 7) is 5.34. The van der Waals surface area contributed by atoms with Crippen LogP contribution in [-0.4, -0.2) is 53.9 Å². The van der Waals surface area contributed by atoms with Crippen LogP contribution in [0.1, 0.15) is 24.9 Å². The molecule has 6 heteroatoms. The normalized spacial score (nSPS) is 18.0. The van der Waals surface area contributed by atoms with Crippen molar-refractivity contribution in [3.63, 3.8) is 0 Å². The summed E-state index contributed by atoms with van der Waals surface area (Å²) in [6, 6.07) is 4.04. The van der Waals surface area contributed by atoms with Gasteiger partial charge >= 0.3 is 5.97 Å². The van der Waals surface area contributed by atoms with Gasteiger partial charge in [-0.25, -0.2) is 0 Å². The van der Waals surface area contributed by atoms with Gasteiger partial charge in [0.1, 0.15) is 6.04 Å². The lowest BCUT2D eigenvalue weighted by Gasteiger charge is -2.27. The number of ether oxygens (including phenoxy) is 1. The van der Waals surface area contributed by atoms with E-state index in [9.17, 15) is 15.0 Å². The molecule has 116 valence electrons. The SMILES string of the molecule is CCOc1cc(C(C(=O)O)N2CCCNCC2)ccc1O. The summed E-state index contributed by atoms with van der Waals surface area (Å²) in [4.78, 5) is 13.6. The number of phenolic OH excluding ortho intramolecular Hbond substituents is 1. The van der Waals surface area contributed by atoms with Crippen LogP contribution in [0.25, 0.3) is 0 Å². The lowest BCUT2D eigenvalue weighted by molar-refractivity contribution is -0.143. The molecular formula is C15H22N2O4. The molecule has 6 nitrogen and oxygen atoms in total. The van der Waals surface area contributed by atoms with Crippen molar-refractivity contribution < 1.29 is 19.7 Å². The number of nitrogens with one attached hydrogen (secondary N) is 1. The van der Waals surface area contributed by atoms with E-state index in [2.05, 4.69) is 5.32 Å². The van der Waals surface area contributed by atoms with Gasteiger partial charge in [-0.3, -0.25) is 9.69 Å². The van der Waals surface area contributed by atoms with Crippen LogP contribution in [0.15, 0.2) is 18.2 Å². The van der Waals surface area contributed by atoms with Gasteiger partial charge in [0.25, 0.3) is 0 Å². The van der Waals surface area contributed by atoms with Crippen LogP contribution in [0.4, 0.5) is 0 Å². The summed E-state index contributed by atoms with van der Waals surface area (Å²) in [5, 5.41) is 22.6. The summed E-state index contributed by atoms with van der Waals surface area (Å²) in [7, 11) is 0. The zero-order valence-electron chi connectivity index (χ0n) is 12.2. The quantitative estimate of drug-likeness (QED) is 0.757. The van der Waals surface area contributed by atoms with E-state index in [-0.39, 0.29) is 5.75 Å². The molecule has 1 fully saturated rings. The predicted molar refractivity (Wildman–Crippen MR) is 78.7 cm³/mol. The third-order valence-corrected chi connectivity index (χ3v) is 3.57. The number of carboxylic acids is 1. The predicted octanol–water partition coefficient (Wildman–Crippen LogP) is 1.21. The fraction of sp³-hybridized carbons (Fsp3) is 0.533. The lowest BCUT2D eigenvalue weighted by atomic mass is 10.0.